The fourth-order valence-corrected chi connectivity index (χ4v) is 4.33. The molecule has 1 saturated heterocycles. The molecule has 2 aromatic rings. The molecule has 0 spiro atoms. The number of likely N-dealkylation sites (tertiary alicyclic amines) is 1. The number of carbonyl (C=O) groups excluding carboxylic acids is 2. The summed E-state index contributed by atoms with van der Waals surface area (Å²) in [5, 5.41) is 12.1. The van der Waals surface area contributed by atoms with Gasteiger partial charge < -0.3 is 15.2 Å². The number of nitrogens with zero attached hydrogens (tertiary/aromatic N) is 1. The van der Waals surface area contributed by atoms with E-state index in [0.29, 0.717) is 18.6 Å². The van der Waals surface area contributed by atoms with E-state index in [2.05, 4.69) is 5.32 Å². The van der Waals surface area contributed by atoms with Crippen LogP contribution >= 0.6 is 0 Å². The van der Waals surface area contributed by atoms with Crippen molar-refractivity contribution >= 4 is 17.9 Å². The van der Waals surface area contributed by atoms with Gasteiger partial charge in [0.05, 0.1) is 11.6 Å². The highest BCUT2D eigenvalue weighted by molar-refractivity contribution is 6.03. The van der Waals surface area contributed by atoms with Gasteiger partial charge in [-0.05, 0) is 56.0 Å². The highest BCUT2D eigenvalue weighted by Crippen LogP contribution is 2.46. The Morgan fingerprint density at radius 1 is 1.06 bits per heavy atom. The number of ether oxygens (including phenoxy) is 1. The van der Waals surface area contributed by atoms with E-state index in [1.54, 1.807) is 12.1 Å². The van der Waals surface area contributed by atoms with Crippen LogP contribution in [-0.2, 0) is 4.79 Å². The topological polar surface area (TPSA) is 95.9 Å². The van der Waals surface area contributed by atoms with E-state index in [-0.39, 0.29) is 17.5 Å². The van der Waals surface area contributed by atoms with Crippen molar-refractivity contribution in [2.45, 2.75) is 65.6 Å². The molecule has 1 aliphatic heterocycles. The second-order valence-corrected chi connectivity index (χ2v) is 8.54. The van der Waals surface area contributed by atoms with E-state index in [1.165, 1.54) is 12.1 Å². The van der Waals surface area contributed by atoms with Crippen LogP contribution < -0.4 is 10.1 Å². The molecule has 0 aromatic heterocycles. The fourth-order valence-electron chi connectivity index (χ4n) is 4.33. The number of carboxylic acids is 1. The summed E-state index contributed by atoms with van der Waals surface area (Å²) < 4.78 is 6.10. The van der Waals surface area contributed by atoms with E-state index in [0.717, 1.165) is 28.9 Å². The Morgan fingerprint density at radius 2 is 1.67 bits per heavy atom. The van der Waals surface area contributed by atoms with E-state index in [1.807, 2.05) is 52.0 Å². The lowest BCUT2D eigenvalue weighted by Gasteiger charge is -2.53. The minimum absolute atomic E-state index is 0.138. The van der Waals surface area contributed by atoms with Gasteiger partial charge in [0.25, 0.3) is 0 Å². The first-order valence-electron chi connectivity index (χ1n) is 11.5. The molecule has 1 fully saturated rings. The van der Waals surface area contributed by atoms with Crippen molar-refractivity contribution in [1.29, 1.82) is 0 Å². The Kier molecular flexibility index (Phi) is 7.41. The molecule has 7 heteroatoms. The summed E-state index contributed by atoms with van der Waals surface area (Å²) in [4.78, 5) is 38.7. The van der Waals surface area contributed by atoms with Gasteiger partial charge in [0.1, 0.15) is 11.2 Å². The van der Waals surface area contributed by atoms with Crippen LogP contribution in [0.5, 0.6) is 5.75 Å². The molecule has 33 heavy (non-hydrogen) atoms. The molecule has 0 aliphatic carbocycles. The van der Waals surface area contributed by atoms with Crippen LogP contribution in [0, 0.1) is 12.3 Å². The zero-order chi connectivity index (χ0) is 24.2. The maximum absolute atomic E-state index is 13.3. The van der Waals surface area contributed by atoms with Gasteiger partial charge in [0, 0.05) is 0 Å². The molecule has 176 valence electrons. The average molecular weight is 453 g/mol. The number of hydrogen-bond donors (Lipinski definition) is 2. The van der Waals surface area contributed by atoms with E-state index >= 15 is 0 Å². The molecule has 7 nitrogen and oxygen atoms in total. The summed E-state index contributed by atoms with van der Waals surface area (Å²) in [6.45, 7) is 7.88. The number of urea groups is 1. The van der Waals surface area contributed by atoms with E-state index < -0.39 is 23.6 Å². The van der Waals surface area contributed by atoms with Crippen LogP contribution in [0.2, 0.25) is 0 Å². The smallest absolute Gasteiger partial charge is 0.335 e. The van der Waals surface area contributed by atoms with Crippen LogP contribution in [0.1, 0.15) is 74.0 Å². The zero-order valence-corrected chi connectivity index (χ0v) is 19.6. The molecule has 1 heterocycles. The number of carbonyl (C=O) groups is 3. The Hall–Kier alpha value is -3.35. The first-order chi connectivity index (χ1) is 15.8. The monoisotopic (exact) mass is 452 g/mol. The third-order valence-corrected chi connectivity index (χ3v) is 6.54. The van der Waals surface area contributed by atoms with Crippen molar-refractivity contribution in [3.05, 3.63) is 65.2 Å². The summed E-state index contributed by atoms with van der Waals surface area (Å²) in [6.07, 6.45) is 1.90. The van der Waals surface area contributed by atoms with Crippen LogP contribution in [0.15, 0.2) is 48.5 Å². The molecule has 1 aliphatic rings. The second-order valence-electron chi connectivity index (χ2n) is 8.54. The van der Waals surface area contributed by atoms with Crippen LogP contribution in [0.25, 0.3) is 0 Å². The Balaban J connectivity index is 1.83. The first-order valence-corrected chi connectivity index (χ1v) is 11.5. The molecule has 0 saturated carbocycles. The molecular weight excluding hydrogens is 420 g/mol. The number of β-lactam (4-membered cyclic amide) rings is 1. The lowest BCUT2D eigenvalue weighted by molar-refractivity contribution is -0.191. The molecule has 2 N–H and O–H groups in total. The number of aryl methyl sites for hydroxylation is 1. The predicted octanol–water partition coefficient (Wildman–Crippen LogP) is 5.30. The summed E-state index contributed by atoms with van der Waals surface area (Å²) >= 11 is 0. The highest BCUT2D eigenvalue weighted by atomic mass is 16.5. The number of rotatable bonds is 9. The first kappa shape index (κ1) is 24.3. The van der Waals surface area contributed by atoms with Crippen LogP contribution in [0.3, 0.4) is 0 Å². The number of carboxylic acid groups (broad SMARTS) is 1. The summed E-state index contributed by atoms with van der Waals surface area (Å²) in [7, 11) is 0. The summed E-state index contributed by atoms with van der Waals surface area (Å²) in [5.74, 6) is -0.877. The van der Waals surface area contributed by atoms with Gasteiger partial charge in [0.15, 0.2) is 6.23 Å². The minimum Gasteiger partial charge on any atom is -0.478 e. The zero-order valence-electron chi connectivity index (χ0n) is 19.6. The maximum Gasteiger partial charge on any atom is 0.335 e. The standard InChI is InChI=1S/C26H32N2O5/c1-5-8-21(18-11-9-17(4)10-12-18)27-25(32)28-23(31)26(6-2,7-3)24(28)33-20-15-13-19(14-16-20)22(29)30/h9-16,21,24H,5-8H2,1-4H3,(H,27,32)(H,29,30)/t21-,24+/m1/s1. The van der Waals surface area contributed by atoms with Gasteiger partial charge in [-0.2, -0.15) is 0 Å². The molecule has 2 aromatic carbocycles. The molecule has 0 bridgehead atoms. The number of aromatic carboxylic acids is 1. The quantitative estimate of drug-likeness (QED) is 0.504. The predicted molar refractivity (Wildman–Crippen MR) is 125 cm³/mol. The van der Waals surface area contributed by atoms with Crippen molar-refractivity contribution in [2.24, 2.45) is 5.41 Å². The van der Waals surface area contributed by atoms with Crippen molar-refractivity contribution in [1.82, 2.24) is 10.2 Å². The van der Waals surface area contributed by atoms with Gasteiger partial charge in [-0.15, -0.1) is 0 Å². The number of amides is 3. The number of imide groups is 1. The summed E-state index contributed by atoms with van der Waals surface area (Å²) in [5.41, 5.74) is 1.46. The Labute approximate surface area is 194 Å². The second kappa shape index (κ2) is 10.1. The third-order valence-electron chi connectivity index (χ3n) is 6.54. The number of benzene rings is 2. The largest absolute Gasteiger partial charge is 0.478 e. The van der Waals surface area contributed by atoms with E-state index in [4.69, 9.17) is 9.84 Å². The lowest BCUT2D eigenvalue weighted by atomic mass is 9.72. The molecule has 0 radical (unpaired) electrons. The summed E-state index contributed by atoms with van der Waals surface area (Å²) in [6, 6.07) is 13.3. The van der Waals surface area contributed by atoms with Gasteiger partial charge >= 0.3 is 12.0 Å². The van der Waals surface area contributed by atoms with Crippen molar-refractivity contribution < 1.29 is 24.2 Å². The van der Waals surface area contributed by atoms with Crippen molar-refractivity contribution in [3.8, 4) is 5.75 Å². The highest BCUT2D eigenvalue weighted by Gasteiger charge is 2.63. The van der Waals surface area contributed by atoms with Gasteiger partial charge in [-0.3, -0.25) is 4.79 Å². The minimum atomic E-state index is -1.03. The average Bonchev–Trinajstić information content (AvgIpc) is 2.80. The number of nitrogens with one attached hydrogen (secondary N) is 1. The molecule has 3 rings (SSSR count). The molecule has 3 amide bonds. The number of hydrogen-bond acceptors (Lipinski definition) is 4. The van der Waals surface area contributed by atoms with Gasteiger partial charge in [-0.1, -0.05) is 57.0 Å². The molecular formula is C26H32N2O5. The Morgan fingerprint density at radius 3 is 2.18 bits per heavy atom. The maximum atomic E-state index is 13.3. The lowest BCUT2D eigenvalue weighted by Crippen LogP contribution is -2.73. The molecule has 2 atom stereocenters. The Bertz CT molecular complexity index is 996. The van der Waals surface area contributed by atoms with E-state index in [9.17, 15) is 14.4 Å². The SMILES string of the molecule is CCC[C@@H](NC(=O)N1C(=O)C(CC)(CC)[C@@H]1Oc1ccc(C(=O)O)cc1)c1ccc(C)cc1. The molecule has 0 unspecified atom stereocenters. The van der Waals surface area contributed by atoms with Crippen molar-refractivity contribution in [2.75, 3.05) is 0 Å². The normalized spacial score (nSPS) is 17.8. The fraction of sp³-hybridized carbons (Fsp3) is 0.423. The van der Waals surface area contributed by atoms with Gasteiger partial charge in [0.2, 0.25) is 5.91 Å². The van der Waals surface area contributed by atoms with Crippen LogP contribution in [0.4, 0.5) is 4.79 Å². The van der Waals surface area contributed by atoms with Gasteiger partial charge in [-0.25, -0.2) is 14.5 Å². The van der Waals surface area contributed by atoms with Crippen molar-refractivity contribution in [3.63, 3.8) is 0 Å². The third kappa shape index (κ3) is 4.72. The van der Waals surface area contributed by atoms with Crippen LogP contribution in [-0.4, -0.2) is 34.1 Å².